The van der Waals surface area contributed by atoms with Crippen LogP contribution in [0.5, 0.6) is 0 Å². The van der Waals surface area contributed by atoms with E-state index in [0.717, 1.165) is 12.1 Å². The molecule has 0 aromatic heterocycles. The smallest absolute Gasteiger partial charge is 0 e. The van der Waals surface area contributed by atoms with Gasteiger partial charge in [0.05, 0.1) is 0 Å². The van der Waals surface area contributed by atoms with Crippen LogP contribution in [0, 0.1) is 14.1 Å². The zero-order chi connectivity index (χ0) is 10.8. The van der Waals surface area contributed by atoms with Gasteiger partial charge in [-0.25, -0.2) is 0 Å². The molecule has 0 atom stereocenters. The van der Waals surface area contributed by atoms with Crippen LogP contribution < -0.4 is 4.90 Å². The van der Waals surface area contributed by atoms with E-state index < -0.39 is 0 Å². The summed E-state index contributed by atoms with van der Waals surface area (Å²) in [5.41, 5.74) is 1.03. The number of unbranched alkanes of at least 4 members (excludes halogenated alkanes) is 1. The third-order valence-corrected chi connectivity index (χ3v) is 1.47. The molecule has 0 saturated carbocycles. The number of anilines is 1. The molecule has 0 saturated heterocycles. The fourth-order valence-electron chi connectivity index (χ4n) is 0.741. The monoisotopic (exact) mass is 330 g/mol. The van der Waals surface area contributed by atoms with E-state index in [4.69, 9.17) is 0 Å². The second kappa shape index (κ2) is 15.4. The Morgan fingerprint density at radius 1 is 1.25 bits per heavy atom. The van der Waals surface area contributed by atoms with Gasteiger partial charge in [-0.3, -0.25) is 20.4 Å². The van der Waals surface area contributed by atoms with Crippen LogP contribution in [0.4, 0.5) is 5.69 Å². The van der Waals surface area contributed by atoms with Crippen LogP contribution in [0.1, 0.15) is 19.8 Å². The van der Waals surface area contributed by atoms with E-state index in [1.807, 2.05) is 37.3 Å². The van der Waals surface area contributed by atoms with Crippen molar-refractivity contribution < 1.29 is 56.1 Å². The molecule has 2 radical (unpaired) electrons. The van der Waals surface area contributed by atoms with Crippen molar-refractivity contribution in [3.8, 4) is 0 Å². The quantitative estimate of drug-likeness (QED) is 0.795. The van der Waals surface area contributed by atoms with Crippen LogP contribution in [-0.4, -0.2) is 6.29 Å². The van der Waals surface area contributed by atoms with Crippen molar-refractivity contribution >= 4 is 12.0 Å². The first-order chi connectivity index (χ1) is 6.72. The van der Waals surface area contributed by atoms with Gasteiger partial charge < -0.3 is 9.69 Å². The molecular weight excluding hydrogens is 314 g/mol. The molecule has 0 fully saturated rings. The van der Waals surface area contributed by atoms with E-state index in [1.54, 1.807) is 11.2 Å². The first-order valence-electron chi connectivity index (χ1n) is 4.53. The standard InChI is InChI=1S/C8H9N.C4H7O.V.Y/c1-9(2)8-6-4-3-5-7-8;1-2-3-4-5;;/h3-7H,1-2H2;2-3H2,1H3;;/q-2;-1;;. The number of carbonyl (C=O) groups excluding carboxylic acids is 1. The molecule has 2 nitrogen and oxygen atoms in total. The number of para-hydroxylation sites is 1. The summed E-state index contributed by atoms with van der Waals surface area (Å²) < 4.78 is 0. The molecular formula is C12H16NOVY-3. The molecule has 1 aromatic rings. The minimum atomic E-state index is 0. The number of benzene rings is 1. The second-order valence-corrected chi connectivity index (χ2v) is 2.77. The predicted octanol–water partition coefficient (Wildman–Crippen LogP) is 2.97. The molecule has 0 spiro atoms. The summed E-state index contributed by atoms with van der Waals surface area (Å²) in [6.45, 7) is 1.95. The van der Waals surface area contributed by atoms with E-state index in [2.05, 4.69) is 14.1 Å². The minimum absolute atomic E-state index is 0. The van der Waals surface area contributed by atoms with Gasteiger partial charge in [0.15, 0.2) is 0 Å². The summed E-state index contributed by atoms with van der Waals surface area (Å²) >= 11 is 0. The maximum absolute atomic E-state index is 9.28. The average molecular weight is 330 g/mol. The van der Waals surface area contributed by atoms with E-state index in [0.29, 0.717) is 6.42 Å². The van der Waals surface area contributed by atoms with Gasteiger partial charge >= 0.3 is 0 Å². The molecule has 0 N–H and O–H groups in total. The molecule has 0 unspecified atom stereocenters. The number of rotatable bonds is 3. The molecule has 0 bridgehead atoms. The van der Waals surface area contributed by atoms with Crippen LogP contribution in [0.25, 0.3) is 0 Å². The molecule has 0 aliphatic carbocycles. The summed E-state index contributed by atoms with van der Waals surface area (Å²) in [5.74, 6) is 0. The van der Waals surface area contributed by atoms with E-state index >= 15 is 0 Å². The van der Waals surface area contributed by atoms with Crippen molar-refractivity contribution in [1.82, 2.24) is 0 Å². The molecule has 16 heavy (non-hydrogen) atoms. The second-order valence-electron chi connectivity index (χ2n) is 2.77. The van der Waals surface area contributed by atoms with Crippen LogP contribution >= 0.6 is 0 Å². The molecule has 0 aliphatic heterocycles. The van der Waals surface area contributed by atoms with Crippen molar-refractivity contribution in [1.29, 1.82) is 0 Å². The number of hydrogen-bond donors (Lipinski definition) is 0. The van der Waals surface area contributed by atoms with Crippen molar-refractivity contribution in [3.63, 3.8) is 0 Å². The van der Waals surface area contributed by atoms with Gasteiger partial charge in [-0.15, -0.1) is 0 Å². The van der Waals surface area contributed by atoms with Crippen LogP contribution in [-0.2, 0) is 56.1 Å². The van der Waals surface area contributed by atoms with Gasteiger partial charge in [-0.05, 0) is 17.8 Å². The number of nitrogens with zero attached hydrogens (tertiary/aromatic N) is 1. The average Bonchev–Trinajstić information content (AvgIpc) is 2.21. The summed E-state index contributed by atoms with van der Waals surface area (Å²) in [7, 11) is 7.26. The van der Waals surface area contributed by atoms with E-state index in [1.165, 1.54) is 0 Å². The molecule has 0 heterocycles. The van der Waals surface area contributed by atoms with Crippen molar-refractivity contribution in [2.45, 2.75) is 19.8 Å². The summed E-state index contributed by atoms with van der Waals surface area (Å²) in [6, 6.07) is 9.80. The molecule has 4 heteroatoms. The molecule has 1 aromatic carbocycles. The van der Waals surface area contributed by atoms with Gasteiger partial charge in [0, 0.05) is 51.3 Å². The first kappa shape index (κ1) is 21.6. The van der Waals surface area contributed by atoms with Crippen LogP contribution in [0.15, 0.2) is 30.3 Å². The van der Waals surface area contributed by atoms with Crippen LogP contribution in [0.2, 0.25) is 0 Å². The molecule has 0 aliphatic rings. The Labute approximate surface area is 136 Å². The Hall–Kier alpha value is 0.378. The third-order valence-electron chi connectivity index (χ3n) is 1.47. The fourth-order valence-corrected chi connectivity index (χ4v) is 0.741. The van der Waals surface area contributed by atoms with E-state index in [-0.39, 0.29) is 51.3 Å². The van der Waals surface area contributed by atoms with Crippen molar-refractivity contribution in [3.05, 3.63) is 44.4 Å². The predicted molar refractivity (Wildman–Crippen MR) is 60.2 cm³/mol. The Bertz CT molecular complexity index is 242. The Morgan fingerprint density at radius 3 is 1.94 bits per heavy atom. The Balaban J connectivity index is -0.000000214. The van der Waals surface area contributed by atoms with Gasteiger partial charge in [0.25, 0.3) is 0 Å². The van der Waals surface area contributed by atoms with Crippen molar-refractivity contribution in [2.24, 2.45) is 0 Å². The first-order valence-corrected chi connectivity index (χ1v) is 4.53. The molecule has 86 valence electrons. The minimum Gasteiger partial charge on any atom is -0.670 e. The van der Waals surface area contributed by atoms with Crippen LogP contribution in [0.3, 0.4) is 0 Å². The van der Waals surface area contributed by atoms with Gasteiger partial charge in [-0.1, -0.05) is 31.5 Å². The summed E-state index contributed by atoms with van der Waals surface area (Å²) in [6.07, 6.45) is 3.27. The largest absolute Gasteiger partial charge is 0.670 e. The zero-order valence-corrected chi connectivity index (χ0v) is 13.8. The third kappa shape index (κ3) is 12.4. The zero-order valence-electron chi connectivity index (χ0n) is 9.60. The van der Waals surface area contributed by atoms with Crippen molar-refractivity contribution in [2.75, 3.05) is 4.90 Å². The maximum Gasteiger partial charge on any atom is 0 e. The Kier molecular flexibility index (Phi) is 20.8. The Morgan fingerprint density at radius 2 is 1.75 bits per heavy atom. The summed E-state index contributed by atoms with van der Waals surface area (Å²) in [5, 5.41) is 0. The van der Waals surface area contributed by atoms with E-state index in [9.17, 15) is 4.79 Å². The summed E-state index contributed by atoms with van der Waals surface area (Å²) in [4.78, 5) is 10.9. The fraction of sp³-hybridized carbons (Fsp3) is 0.250. The molecule has 1 rings (SSSR count). The molecule has 0 amide bonds. The topological polar surface area (TPSA) is 20.3 Å². The van der Waals surface area contributed by atoms with Gasteiger partial charge in [0.1, 0.15) is 0 Å². The SMILES string of the molecule is CCC[C-]=O.[CH2-]N([CH2-])c1ccccc1.[V].[Y]. The normalized spacial score (nSPS) is 7.44. The maximum atomic E-state index is 9.28. The van der Waals surface area contributed by atoms with Gasteiger partial charge in [-0.2, -0.15) is 6.42 Å². The van der Waals surface area contributed by atoms with Gasteiger partial charge in [0.2, 0.25) is 0 Å². The number of hydrogen-bond acceptors (Lipinski definition) is 2.